The molecule has 3 heterocycles. The lowest BCUT2D eigenvalue weighted by Gasteiger charge is -2.20. The number of rotatable bonds is 8. The van der Waals surface area contributed by atoms with Crippen LogP contribution in [0.4, 0.5) is 0 Å². The summed E-state index contributed by atoms with van der Waals surface area (Å²) in [4.78, 5) is 27.4. The standard InChI is InChI=1S/C18H25N5O2S2/c1-2-22(12-16(24)19-11-14-7-6-10-26-14)17(25)13-27-18-21-20-15-8-4-3-5-9-23(15)18/h6-7,10H,2-5,8-9,11-13H2,1H3,(H,19,24). The van der Waals surface area contributed by atoms with E-state index in [4.69, 9.17) is 0 Å². The first-order valence-corrected chi connectivity index (χ1v) is 11.2. The number of likely N-dealkylation sites (N-methyl/N-ethyl adjacent to an activating group) is 1. The lowest BCUT2D eigenvalue weighted by molar-refractivity contribution is -0.133. The molecule has 0 radical (unpaired) electrons. The van der Waals surface area contributed by atoms with Crippen LogP contribution >= 0.6 is 23.1 Å². The summed E-state index contributed by atoms with van der Waals surface area (Å²) in [7, 11) is 0. The Morgan fingerprint density at radius 1 is 1.33 bits per heavy atom. The topological polar surface area (TPSA) is 80.1 Å². The zero-order valence-electron chi connectivity index (χ0n) is 15.5. The summed E-state index contributed by atoms with van der Waals surface area (Å²) in [5, 5.41) is 14.2. The molecule has 0 saturated heterocycles. The van der Waals surface area contributed by atoms with E-state index in [9.17, 15) is 9.59 Å². The van der Waals surface area contributed by atoms with Crippen molar-refractivity contribution < 1.29 is 9.59 Å². The van der Waals surface area contributed by atoms with E-state index in [-0.39, 0.29) is 24.1 Å². The lowest BCUT2D eigenvalue weighted by atomic mass is 10.2. The van der Waals surface area contributed by atoms with E-state index in [0.29, 0.717) is 13.1 Å². The maximum atomic E-state index is 12.5. The molecule has 2 amide bonds. The molecule has 0 spiro atoms. The van der Waals surface area contributed by atoms with E-state index >= 15 is 0 Å². The maximum absolute atomic E-state index is 12.5. The summed E-state index contributed by atoms with van der Waals surface area (Å²) in [6, 6.07) is 3.93. The van der Waals surface area contributed by atoms with Gasteiger partial charge in [-0.3, -0.25) is 9.59 Å². The van der Waals surface area contributed by atoms with Crippen LogP contribution in [0.5, 0.6) is 0 Å². The summed E-state index contributed by atoms with van der Waals surface area (Å²) < 4.78 is 2.13. The molecule has 0 bridgehead atoms. The number of thioether (sulfide) groups is 1. The predicted molar refractivity (Wildman–Crippen MR) is 107 cm³/mol. The summed E-state index contributed by atoms with van der Waals surface area (Å²) in [6.45, 7) is 3.89. The SMILES string of the molecule is CCN(CC(=O)NCc1cccs1)C(=O)CSc1nnc2n1CCCCC2. The second kappa shape index (κ2) is 9.89. The Balaban J connectivity index is 1.48. The van der Waals surface area contributed by atoms with Crippen molar-refractivity contribution in [3.05, 3.63) is 28.2 Å². The molecular weight excluding hydrogens is 382 g/mol. The van der Waals surface area contributed by atoms with Gasteiger partial charge in [0.1, 0.15) is 5.82 Å². The number of aromatic nitrogens is 3. The van der Waals surface area contributed by atoms with Crippen molar-refractivity contribution in [1.82, 2.24) is 25.0 Å². The Hall–Kier alpha value is -1.87. The molecule has 27 heavy (non-hydrogen) atoms. The third-order valence-electron chi connectivity index (χ3n) is 4.51. The van der Waals surface area contributed by atoms with Crippen molar-refractivity contribution in [2.24, 2.45) is 0 Å². The second-order valence-electron chi connectivity index (χ2n) is 6.41. The van der Waals surface area contributed by atoms with Crippen LogP contribution in [-0.2, 0) is 29.1 Å². The van der Waals surface area contributed by atoms with Gasteiger partial charge in [0.2, 0.25) is 11.8 Å². The molecule has 0 saturated carbocycles. The molecule has 0 aromatic carbocycles. The van der Waals surface area contributed by atoms with Crippen molar-refractivity contribution in [1.29, 1.82) is 0 Å². The predicted octanol–water partition coefficient (Wildman–Crippen LogP) is 2.32. The monoisotopic (exact) mass is 407 g/mol. The number of hydrogen-bond acceptors (Lipinski definition) is 6. The number of amides is 2. The van der Waals surface area contributed by atoms with Crippen LogP contribution in [0, 0.1) is 0 Å². The highest BCUT2D eigenvalue weighted by Crippen LogP contribution is 2.22. The highest BCUT2D eigenvalue weighted by molar-refractivity contribution is 7.99. The van der Waals surface area contributed by atoms with Gasteiger partial charge in [0.25, 0.3) is 0 Å². The fourth-order valence-electron chi connectivity index (χ4n) is 2.99. The van der Waals surface area contributed by atoms with Crippen LogP contribution in [0.3, 0.4) is 0 Å². The molecule has 0 atom stereocenters. The molecule has 1 aliphatic heterocycles. The molecule has 0 unspecified atom stereocenters. The fourth-order valence-corrected chi connectivity index (χ4v) is 4.52. The molecular formula is C18H25N5O2S2. The van der Waals surface area contributed by atoms with Gasteiger partial charge in [0.05, 0.1) is 18.8 Å². The van der Waals surface area contributed by atoms with Gasteiger partial charge in [-0.1, -0.05) is 24.2 Å². The van der Waals surface area contributed by atoms with Crippen molar-refractivity contribution in [2.45, 2.75) is 50.9 Å². The van der Waals surface area contributed by atoms with E-state index in [1.54, 1.807) is 16.2 Å². The number of nitrogens with one attached hydrogen (secondary N) is 1. The third kappa shape index (κ3) is 5.55. The first kappa shape index (κ1) is 19.9. The van der Waals surface area contributed by atoms with E-state index < -0.39 is 0 Å². The zero-order chi connectivity index (χ0) is 19.1. The summed E-state index contributed by atoms with van der Waals surface area (Å²) in [6.07, 6.45) is 4.42. The molecule has 1 N–H and O–H groups in total. The highest BCUT2D eigenvalue weighted by Gasteiger charge is 2.19. The molecule has 3 rings (SSSR count). The maximum Gasteiger partial charge on any atom is 0.239 e. The number of carbonyl (C=O) groups excluding carboxylic acids is 2. The molecule has 1 aliphatic rings. The van der Waals surface area contributed by atoms with Crippen molar-refractivity contribution in [3.63, 3.8) is 0 Å². The van der Waals surface area contributed by atoms with Gasteiger partial charge in [0, 0.05) is 24.4 Å². The minimum absolute atomic E-state index is 0.0558. The lowest BCUT2D eigenvalue weighted by Crippen LogP contribution is -2.41. The minimum atomic E-state index is -0.139. The summed E-state index contributed by atoms with van der Waals surface area (Å²) in [5.41, 5.74) is 0. The second-order valence-corrected chi connectivity index (χ2v) is 8.39. The van der Waals surface area contributed by atoms with Crippen LogP contribution in [0.15, 0.2) is 22.7 Å². The van der Waals surface area contributed by atoms with Crippen molar-refractivity contribution in [3.8, 4) is 0 Å². The van der Waals surface area contributed by atoms with Gasteiger partial charge in [-0.15, -0.1) is 21.5 Å². The normalized spacial score (nSPS) is 13.7. The number of fused-ring (bicyclic) bond motifs is 1. The molecule has 0 aliphatic carbocycles. The fraction of sp³-hybridized carbons (Fsp3) is 0.556. The molecule has 0 fully saturated rings. The molecule has 146 valence electrons. The summed E-state index contributed by atoms with van der Waals surface area (Å²) in [5.74, 6) is 1.09. The quantitative estimate of drug-likeness (QED) is 0.680. The Morgan fingerprint density at radius 3 is 3.00 bits per heavy atom. The van der Waals surface area contributed by atoms with Crippen molar-refractivity contribution in [2.75, 3.05) is 18.8 Å². The zero-order valence-corrected chi connectivity index (χ0v) is 17.2. The number of aryl methyl sites for hydroxylation is 1. The van der Waals surface area contributed by atoms with E-state index in [2.05, 4.69) is 20.1 Å². The Kier molecular flexibility index (Phi) is 7.28. The van der Waals surface area contributed by atoms with Crippen LogP contribution in [0.25, 0.3) is 0 Å². The van der Waals surface area contributed by atoms with Gasteiger partial charge >= 0.3 is 0 Å². The van der Waals surface area contributed by atoms with Crippen molar-refractivity contribution >= 4 is 34.9 Å². The van der Waals surface area contributed by atoms with Crippen LogP contribution in [0.2, 0.25) is 0 Å². The number of hydrogen-bond donors (Lipinski definition) is 1. The van der Waals surface area contributed by atoms with Crippen LogP contribution in [0.1, 0.15) is 36.9 Å². The minimum Gasteiger partial charge on any atom is -0.350 e. The van der Waals surface area contributed by atoms with Gasteiger partial charge in [0.15, 0.2) is 5.16 Å². The highest BCUT2D eigenvalue weighted by atomic mass is 32.2. The first-order chi connectivity index (χ1) is 13.2. The smallest absolute Gasteiger partial charge is 0.239 e. The van der Waals surface area contributed by atoms with Gasteiger partial charge < -0.3 is 14.8 Å². The number of thiophene rings is 1. The molecule has 2 aromatic heterocycles. The summed E-state index contributed by atoms with van der Waals surface area (Å²) >= 11 is 3.01. The third-order valence-corrected chi connectivity index (χ3v) is 6.34. The Morgan fingerprint density at radius 2 is 2.22 bits per heavy atom. The number of nitrogens with zero attached hydrogens (tertiary/aromatic N) is 4. The average Bonchev–Trinajstić information content (AvgIpc) is 3.27. The first-order valence-electron chi connectivity index (χ1n) is 9.29. The Bertz CT molecular complexity index is 760. The van der Waals surface area contributed by atoms with Gasteiger partial charge in [-0.2, -0.15) is 0 Å². The largest absolute Gasteiger partial charge is 0.350 e. The van der Waals surface area contributed by atoms with Gasteiger partial charge in [-0.25, -0.2) is 0 Å². The van der Waals surface area contributed by atoms with Crippen LogP contribution < -0.4 is 5.32 Å². The molecule has 9 heteroatoms. The van der Waals surface area contributed by atoms with Gasteiger partial charge in [-0.05, 0) is 31.2 Å². The molecule has 7 nitrogen and oxygen atoms in total. The molecule has 2 aromatic rings. The van der Waals surface area contributed by atoms with Crippen LogP contribution in [-0.4, -0.2) is 50.3 Å². The van der Waals surface area contributed by atoms with E-state index in [1.807, 2.05) is 24.4 Å². The number of carbonyl (C=O) groups is 2. The van der Waals surface area contributed by atoms with E-state index in [0.717, 1.165) is 41.7 Å². The Labute approximate surface area is 167 Å². The average molecular weight is 408 g/mol. The van der Waals surface area contributed by atoms with E-state index in [1.165, 1.54) is 18.2 Å².